The number of fused-ring (bicyclic) bond motifs is 1. The van der Waals surface area contributed by atoms with E-state index >= 15 is 0 Å². The van der Waals surface area contributed by atoms with Gasteiger partial charge in [-0.1, -0.05) is 42.5 Å². The number of carbonyl (C=O) groups is 1. The second kappa shape index (κ2) is 10.5. The van der Waals surface area contributed by atoms with E-state index in [4.69, 9.17) is 14.1 Å². The number of hydrogen-bond donors (Lipinski definition) is 1. The average molecular weight is 516 g/mol. The molecule has 0 saturated heterocycles. The molecule has 6 aromatic rings. The van der Waals surface area contributed by atoms with Gasteiger partial charge in [0.15, 0.2) is 0 Å². The van der Waals surface area contributed by atoms with Crippen molar-refractivity contribution in [2.24, 2.45) is 0 Å². The molecule has 0 aliphatic rings. The summed E-state index contributed by atoms with van der Waals surface area (Å²) in [5.74, 6) is 2.91. The highest BCUT2D eigenvalue weighted by Gasteiger charge is 2.18. The van der Waals surface area contributed by atoms with Gasteiger partial charge in [0.25, 0.3) is 0 Å². The molecule has 0 fully saturated rings. The van der Waals surface area contributed by atoms with Crippen molar-refractivity contribution in [1.29, 1.82) is 0 Å². The number of rotatable bonds is 8. The van der Waals surface area contributed by atoms with Crippen molar-refractivity contribution >= 4 is 28.8 Å². The molecule has 0 atom stereocenters. The second-order valence-corrected chi connectivity index (χ2v) is 8.97. The number of para-hydroxylation sites is 3. The van der Waals surface area contributed by atoms with Crippen molar-refractivity contribution in [2.75, 3.05) is 5.32 Å². The number of amides is 1. The number of hydrogen-bond acceptors (Lipinski definition) is 5. The van der Waals surface area contributed by atoms with Crippen LogP contribution in [0.25, 0.3) is 23.1 Å². The summed E-state index contributed by atoms with van der Waals surface area (Å²) in [6, 6.07) is 30.9. The van der Waals surface area contributed by atoms with E-state index < -0.39 is 0 Å². The van der Waals surface area contributed by atoms with Crippen molar-refractivity contribution in [1.82, 2.24) is 19.3 Å². The molecule has 8 nitrogen and oxygen atoms in total. The van der Waals surface area contributed by atoms with Gasteiger partial charge >= 0.3 is 0 Å². The summed E-state index contributed by atoms with van der Waals surface area (Å²) < 4.78 is 15.1. The second-order valence-electron chi connectivity index (χ2n) is 8.97. The summed E-state index contributed by atoms with van der Waals surface area (Å²) in [6.45, 7) is 2.40. The summed E-state index contributed by atoms with van der Waals surface area (Å²) in [6.07, 6.45) is 4.60. The van der Waals surface area contributed by atoms with Crippen LogP contribution in [-0.2, 0) is 11.3 Å². The lowest BCUT2D eigenvalue weighted by molar-refractivity contribution is -0.111. The molecule has 0 aliphatic carbocycles. The molecular weight excluding hydrogens is 490 g/mol. The number of carbonyl (C=O) groups excluding carboxylic acids is 1. The largest absolute Gasteiger partial charge is 0.465 e. The molecule has 39 heavy (non-hydrogen) atoms. The zero-order chi connectivity index (χ0) is 26.6. The van der Waals surface area contributed by atoms with Crippen molar-refractivity contribution in [2.45, 2.75) is 13.5 Å². The van der Waals surface area contributed by atoms with Crippen LogP contribution in [0.3, 0.4) is 0 Å². The highest BCUT2D eigenvalue weighted by atomic mass is 16.5. The van der Waals surface area contributed by atoms with E-state index in [9.17, 15) is 4.79 Å². The van der Waals surface area contributed by atoms with Gasteiger partial charge in [-0.25, -0.2) is 4.98 Å². The summed E-state index contributed by atoms with van der Waals surface area (Å²) in [5.41, 5.74) is 3.55. The van der Waals surface area contributed by atoms with Crippen LogP contribution in [-0.4, -0.2) is 25.2 Å². The molecule has 3 aromatic heterocycles. The Morgan fingerprint density at radius 3 is 2.62 bits per heavy atom. The molecule has 8 heteroatoms. The molecule has 0 radical (unpaired) electrons. The lowest BCUT2D eigenvalue weighted by Gasteiger charge is -2.13. The van der Waals surface area contributed by atoms with Gasteiger partial charge in [0, 0.05) is 12.1 Å². The summed E-state index contributed by atoms with van der Waals surface area (Å²) in [7, 11) is 0. The fourth-order valence-corrected chi connectivity index (χ4v) is 4.35. The zero-order valence-corrected chi connectivity index (χ0v) is 21.2. The smallest absolute Gasteiger partial charge is 0.249 e. The zero-order valence-electron chi connectivity index (χ0n) is 21.2. The molecule has 192 valence electrons. The number of nitrogens with one attached hydrogen (secondary N) is 1. The van der Waals surface area contributed by atoms with Gasteiger partial charge in [-0.05, 0) is 67.1 Å². The van der Waals surface area contributed by atoms with E-state index in [1.165, 1.54) is 6.08 Å². The SMILES string of the molecule is Cc1cc(NC(=O)/C=C/c2ccco2)n(-c2nc3ccccc3n2Cc2cccc(Oc3ccccc3)c2)n1. The van der Waals surface area contributed by atoms with Crippen LogP contribution in [0.4, 0.5) is 5.82 Å². The van der Waals surface area contributed by atoms with Crippen LogP contribution in [0.15, 0.2) is 114 Å². The van der Waals surface area contributed by atoms with Crippen LogP contribution in [0.1, 0.15) is 17.0 Å². The van der Waals surface area contributed by atoms with Crippen LogP contribution >= 0.6 is 0 Å². The molecule has 6 rings (SSSR count). The lowest BCUT2D eigenvalue weighted by atomic mass is 10.2. The van der Waals surface area contributed by atoms with Gasteiger partial charge in [0.2, 0.25) is 11.9 Å². The number of nitrogens with zero attached hydrogens (tertiary/aromatic N) is 4. The predicted octanol–water partition coefficient (Wildman–Crippen LogP) is 6.62. The molecule has 3 heterocycles. The Kier molecular flexibility index (Phi) is 6.49. The third-order valence-electron chi connectivity index (χ3n) is 6.07. The van der Waals surface area contributed by atoms with Gasteiger partial charge in [-0.2, -0.15) is 9.78 Å². The fraction of sp³-hybridized carbons (Fsp3) is 0.0645. The van der Waals surface area contributed by atoms with E-state index in [0.717, 1.165) is 33.8 Å². The third kappa shape index (κ3) is 5.35. The Balaban J connectivity index is 1.33. The van der Waals surface area contributed by atoms with E-state index in [1.807, 2.05) is 91.9 Å². The minimum Gasteiger partial charge on any atom is -0.465 e. The van der Waals surface area contributed by atoms with Gasteiger partial charge in [0.05, 0.1) is 29.5 Å². The Morgan fingerprint density at radius 1 is 0.949 bits per heavy atom. The molecule has 1 N–H and O–H groups in total. The molecule has 3 aromatic carbocycles. The molecular formula is C31H25N5O3. The first kappa shape index (κ1) is 24.0. The number of anilines is 1. The Bertz CT molecular complexity index is 1760. The first-order valence-electron chi connectivity index (χ1n) is 12.5. The van der Waals surface area contributed by atoms with E-state index in [-0.39, 0.29) is 5.91 Å². The standard InChI is InChI=1S/C31H25N5O3/c1-22-19-29(33-30(37)17-16-24-13-8-18-38-24)36(34-22)31-32-27-14-5-6-15-28(27)35(31)21-23-9-7-12-26(20-23)39-25-10-3-2-4-11-25/h2-20H,21H2,1H3,(H,33,37)/b17-16+. The van der Waals surface area contributed by atoms with Crippen molar-refractivity contribution < 1.29 is 13.9 Å². The first-order chi connectivity index (χ1) is 19.1. The minimum absolute atomic E-state index is 0.305. The van der Waals surface area contributed by atoms with E-state index in [2.05, 4.69) is 15.0 Å². The van der Waals surface area contributed by atoms with Crippen LogP contribution < -0.4 is 10.1 Å². The minimum atomic E-state index is -0.305. The quantitative estimate of drug-likeness (QED) is 0.230. The normalized spacial score (nSPS) is 11.3. The topological polar surface area (TPSA) is 87.1 Å². The van der Waals surface area contributed by atoms with Crippen LogP contribution in [0.5, 0.6) is 11.5 Å². The number of ether oxygens (including phenoxy) is 1. The van der Waals surface area contributed by atoms with Crippen molar-refractivity contribution in [3.05, 3.63) is 126 Å². The Labute approximate surface area is 224 Å². The monoisotopic (exact) mass is 515 g/mol. The predicted molar refractivity (Wildman–Crippen MR) is 150 cm³/mol. The molecule has 0 bridgehead atoms. The Hall–Kier alpha value is -5.37. The first-order valence-corrected chi connectivity index (χ1v) is 12.5. The summed E-state index contributed by atoms with van der Waals surface area (Å²) in [4.78, 5) is 17.6. The van der Waals surface area contributed by atoms with Crippen LogP contribution in [0, 0.1) is 6.92 Å². The number of benzene rings is 3. The molecule has 0 unspecified atom stereocenters. The number of aromatic nitrogens is 4. The number of aryl methyl sites for hydroxylation is 1. The van der Waals surface area contributed by atoms with Gasteiger partial charge in [0.1, 0.15) is 23.1 Å². The lowest BCUT2D eigenvalue weighted by Crippen LogP contribution is -2.15. The number of imidazole rings is 1. The van der Waals surface area contributed by atoms with Crippen molar-refractivity contribution in [3.8, 4) is 17.4 Å². The van der Waals surface area contributed by atoms with Crippen molar-refractivity contribution in [3.63, 3.8) is 0 Å². The summed E-state index contributed by atoms with van der Waals surface area (Å²) >= 11 is 0. The maximum atomic E-state index is 12.7. The van der Waals surface area contributed by atoms with Gasteiger partial charge < -0.3 is 19.0 Å². The molecule has 1 amide bonds. The fourth-order valence-electron chi connectivity index (χ4n) is 4.35. The third-order valence-corrected chi connectivity index (χ3v) is 6.07. The van der Waals surface area contributed by atoms with Crippen LogP contribution in [0.2, 0.25) is 0 Å². The number of furan rings is 1. The highest BCUT2D eigenvalue weighted by molar-refractivity contribution is 6.01. The van der Waals surface area contributed by atoms with E-state index in [1.54, 1.807) is 29.2 Å². The van der Waals surface area contributed by atoms with E-state index in [0.29, 0.717) is 24.1 Å². The molecule has 0 aliphatic heterocycles. The highest BCUT2D eigenvalue weighted by Crippen LogP contribution is 2.26. The Morgan fingerprint density at radius 2 is 1.77 bits per heavy atom. The van der Waals surface area contributed by atoms with Gasteiger partial charge in [-0.15, -0.1) is 0 Å². The molecule has 0 spiro atoms. The molecule has 0 saturated carbocycles. The summed E-state index contributed by atoms with van der Waals surface area (Å²) in [5, 5.41) is 7.59. The average Bonchev–Trinajstić information content (AvgIpc) is 3.68. The van der Waals surface area contributed by atoms with Gasteiger partial charge in [-0.3, -0.25) is 4.79 Å². The maximum absolute atomic E-state index is 12.7. The maximum Gasteiger partial charge on any atom is 0.249 e.